The third-order valence-electron chi connectivity index (χ3n) is 4.39. The predicted octanol–water partition coefficient (Wildman–Crippen LogP) is 3.58. The number of carbonyl (C=O) groups excluding carboxylic acids is 1. The van der Waals surface area contributed by atoms with Crippen LogP contribution in [0.4, 0.5) is 0 Å². The summed E-state index contributed by atoms with van der Waals surface area (Å²) < 4.78 is 0. The highest BCUT2D eigenvalue weighted by Gasteiger charge is 2.30. The monoisotopic (exact) mass is 328 g/mol. The van der Waals surface area contributed by atoms with Gasteiger partial charge in [0.1, 0.15) is 0 Å². The van der Waals surface area contributed by atoms with Gasteiger partial charge in [0.2, 0.25) is 5.91 Å². The molecule has 120 valence electrons. The van der Waals surface area contributed by atoms with Gasteiger partial charge in [-0.1, -0.05) is 48.0 Å². The van der Waals surface area contributed by atoms with Crippen molar-refractivity contribution in [3.05, 3.63) is 70.2 Å². The van der Waals surface area contributed by atoms with Gasteiger partial charge in [0.05, 0.1) is 6.04 Å². The van der Waals surface area contributed by atoms with Gasteiger partial charge < -0.3 is 10.2 Å². The molecule has 1 amide bonds. The third kappa shape index (κ3) is 3.57. The van der Waals surface area contributed by atoms with Crippen LogP contribution in [0.1, 0.15) is 29.2 Å². The van der Waals surface area contributed by atoms with E-state index in [1.807, 2.05) is 42.3 Å². The first kappa shape index (κ1) is 16.0. The van der Waals surface area contributed by atoms with Crippen LogP contribution in [0, 0.1) is 0 Å². The molecule has 1 N–H and O–H groups in total. The molecule has 2 aromatic rings. The van der Waals surface area contributed by atoms with Crippen molar-refractivity contribution >= 4 is 17.5 Å². The molecule has 2 aromatic carbocycles. The summed E-state index contributed by atoms with van der Waals surface area (Å²) in [5.74, 6) is 0.179. The Labute approximate surface area is 142 Å². The van der Waals surface area contributed by atoms with Crippen molar-refractivity contribution < 1.29 is 4.79 Å². The molecule has 1 unspecified atom stereocenters. The molecular weight excluding hydrogens is 308 g/mol. The molecule has 0 bridgehead atoms. The van der Waals surface area contributed by atoms with Crippen molar-refractivity contribution in [2.75, 3.05) is 13.6 Å². The fourth-order valence-corrected chi connectivity index (χ4v) is 3.36. The van der Waals surface area contributed by atoms with Gasteiger partial charge in [0.15, 0.2) is 0 Å². The molecule has 1 aliphatic rings. The maximum Gasteiger partial charge on any atom is 0.224 e. The van der Waals surface area contributed by atoms with E-state index >= 15 is 0 Å². The number of hydrogen-bond donors (Lipinski definition) is 1. The van der Waals surface area contributed by atoms with E-state index in [2.05, 4.69) is 23.5 Å². The zero-order chi connectivity index (χ0) is 16.2. The quantitative estimate of drug-likeness (QED) is 0.930. The lowest BCUT2D eigenvalue weighted by Crippen LogP contribution is -2.39. The second kappa shape index (κ2) is 7.16. The number of amides is 1. The minimum absolute atomic E-state index is 0.0919. The fraction of sp³-hybridized carbons (Fsp3) is 0.316. The highest BCUT2D eigenvalue weighted by atomic mass is 35.5. The van der Waals surface area contributed by atoms with Gasteiger partial charge in [0.25, 0.3) is 0 Å². The number of carbonyl (C=O) groups is 1. The Hall–Kier alpha value is -1.84. The Kier molecular flexibility index (Phi) is 4.99. The number of fused-ring (bicyclic) bond motifs is 1. The van der Waals surface area contributed by atoms with E-state index in [4.69, 9.17) is 11.6 Å². The maximum atomic E-state index is 12.7. The molecule has 0 saturated heterocycles. The van der Waals surface area contributed by atoms with E-state index in [0.29, 0.717) is 19.5 Å². The molecule has 0 spiro atoms. The van der Waals surface area contributed by atoms with Gasteiger partial charge in [0, 0.05) is 24.5 Å². The number of hydrogen-bond acceptors (Lipinski definition) is 2. The summed E-state index contributed by atoms with van der Waals surface area (Å²) in [4.78, 5) is 14.7. The lowest BCUT2D eigenvalue weighted by molar-refractivity contribution is -0.134. The average Bonchev–Trinajstić information content (AvgIpc) is 2.59. The molecule has 23 heavy (non-hydrogen) atoms. The average molecular weight is 329 g/mol. The van der Waals surface area contributed by atoms with Crippen molar-refractivity contribution in [2.45, 2.75) is 25.4 Å². The first-order valence-corrected chi connectivity index (χ1v) is 8.33. The van der Waals surface area contributed by atoms with E-state index in [9.17, 15) is 4.79 Å². The molecule has 3 nitrogen and oxygen atoms in total. The van der Waals surface area contributed by atoms with Gasteiger partial charge in [-0.3, -0.25) is 4.79 Å². The SMILES string of the molecule is CNCCC(=O)N1Cc2cc(Cl)ccc2CC1c1ccccc1. The zero-order valence-electron chi connectivity index (χ0n) is 13.3. The van der Waals surface area contributed by atoms with Crippen LogP contribution in [-0.4, -0.2) is 24.4 Å². The fourth-order valence-electron chi connectivity index (χ4n) is 3.16. The van der Waals surface area contributed by atoms with Crippen LogP contribution in [0.5, 0.6) is 0 Å². The van der Waals surface area contributed by atoms with E-state index in [0.717, 1.165) is 17.0 Å². The predicted molar refractivity (Wildman–Crippen MR) is 93.4 cm³/mol. The number of benzene rings is 2. The summed E-state index contributed by atoms with van der Waals surface area (Å²) in [6, 6.07) is 16.4. The topological polar surface area (TPSA) is 32.3 Å². The zero-order valence-corrected chi connectivity index (χ0v) is 14.0. The molecule has 0 saturated carbocycles. The first-order chi connectivity index (χ1) is 11.2. The number of rotatable bonds is 4. The standard InChI is InChI=1S/C19H21ClN2O/c1-21-10-9-19(23)22-13-16-11-17(20)8-7-15(16)12-18(22)14-5-3-2-4-6-14/h2-8,11,18,21H,9-10,12-13H2,1H3. The van der Waals surface area contributed by atoms with Crippen LogP contribution in [-0.2, 0) is 17.8 Å². The summed E-state index contributed by atoms with van der Waals surface area (Å²) in [6.45, 7) is 1.32. The van der Waals surface area contributed by atoms with Crippen molar-refractivity contribution in [3.63, 3.8) is 0 Å². The van der Waals surface area contributed by atoms with Crippen LogP contribution in [0.15, 0.2) is 48.5 Å². The Balaban J connectivity index is 1.94. The maximum absolute atomic E-state index is 12.7. The molecular formula is C19H21ClN2O. The van der Waals surface area contributed by atoms with Crippen LogP contribution in [0.3, 0.4) is 0 Å². The number of nitrogens with one attached hydrogen (secondary N) is 1. The lowest BCUT2D eigenvalue weighted by Gasteiger charge is -2.37. The van der Waals surface area contributed by atoms with Gasteiger partial charge in [-0.05, 0) is 42.3 Å². The molecule has 0 aromatic heterocycles. The van der Waals surface area contributed by atoms with Gasteiger partial charge >= 0.3 is 0 Å². The Morgan fingerprint density at radius 3 is 2.74 bits per heavy atom. The highest BCUT2D eigenvalue weighted by Crippen LogP contribution is 2.34. The molecule has 1 heterocycles. The summed E-state index contributed by atoms with van der Waals surface area (Å²) in [5, 5.41) is 3.78. The number of halogens is 1. The van der Waals surface area contributed by atoms with E-state index in [1.165, 1.54) is 11.1 Å². The van der Waals surface area contributed by atoms with Crippen LogP contribution >= 0.6 is 11.6 Å². The minimum Gasteiger partial charge on any atom is -0.331 e. The Morgan fingerprint density at radius 2 is 2.00 bits per heavy atom. The van der Waals surface area contributed by atoms with Crippen LogP contribution < -0.4 is 5.32 Å². The summed E-state index contributed by atoms with van der Waals surface area (Å²) in [7, 11) is 1.87. The number of nitrogens with zero attached hydrogens (tertiary/aromatic N) is 1. The van der Waals surface area contributed by atoms with Crippen molar-refractivity contribution in [1.29, 1.82) is 0 Å². The highest BCUT2D eigenvalue weighted by molar-refractivity contribution is 6.30. The second-order valence-corrected chi connectivity index (χ2v) is 6.36. The normalized spacial score (nSPS) is 17.0. The molecule has 3 rings (SSSR count). The second-order valence-electron chi connectivity index (χ2n) is 5.92. The van der Waals surface area contributed by atoms with Gasteiger partial charge in [-0.15, -0.1) is 0 Å². The van der Waals surface area contributed by atoms with E-state index in [-0.39, 0.29) is 11.9 Å². The third-order valence-corrected chi connectivity index (χ3v) is 4.63. The lowest BCUT2D eigenvalue weighted by atomic mass is 9.89. The molecule has 0 radical (unpaired) electrons. The Bertz CT molecular complexity index is 687. The van der Waals surface area contributed by atoms with E-state index in [1.54, 1.807) is 0 Å². The van der Waals surface area contributed by atoms with Crippen molar-refractivity contribution in [2.24, 2.45) is 0 Å². The molecule has 4 heteroatoms. The van der Waals surface area contributed by atoms with Crippen molar-refractivity contribution in [3.8, 4) is 0 Å². The van der Waals surface area contributed by atoms with E-state index < -0.39 is 0 Å². The van der Waals surface area contributed by atoms with Crippen molar-refractivity contribution in [1.82, 2.24) is 10.2 Å². The summed E-state index contributed by atoms with van der Waals surface area (Å²) in [5.41, 5.74) is 3.62. The van der Waals surface area contributed by atoms with Crippen LogP contribution in [0.25, 0.3) is 0 Å². The molecule has 0 fully saturated rings. The summed E-state index contributed by atoms with van der Waals surface area (Å²) in [6.07, 6.45) is 1.34. The molecule has 0 aliphatic carbocycles. The van der Waals surface area contributed by atoms with Gasteiger partial charge in [-0.25, -0.2) is 0 Å². The van der Waals surface area contributed by atoms with Gasteiger partial charge in [-0.2, -0.15) is 0 Å². The molecule has 1 aliphatic heterocycles. The summed E-state index contributed by atoms with van der Waals surface area (Å²) >= 11 is 6.13. The molecule has 1 atom stereocenters. The Morgan fingerprint density at radius 1 is 1.22 bits per heavy atom. The first-order valence-electron chi connectivity index (χ1n) is 7.95. The largest absolute Gasteiger partial charge is 0.331 e. The smallest absolute Gasteiger partial charge is 0.224 e. The minimum atomic E-state index is 0.0919. The van der Waals surface area contributed by atoms with Crippen LogP contribution in [0.2, 0.25) is 5.02 Å².